The fraction of sp³-hybridized carbons (Fsp3) is 0.167. The Morgan fingerprint density at radius 1 is 1.37 bits per heavy atom. The number of hydrogen-bond acceptors (Lipinski definition) is 5. The van der Waals surface area contributed by atoms with Gasteiger partial charge in [-0.25, -0.2) is 4.98 Å². The van der Waals surface area contributed by atoms with E-state index in [2.05, 4.69) is 15.3 Å². The van der Waals surface area contributed by atoms with E-state index in [1.165, 1.54) is 6.33 Å². The topological polar surface area (TPSA) is 93.0 Å². The van der Waals surface area contributed by atoms with Crippen LogP contribution in [0.15, 0.2) is 35.4 Å². The molecule has 7 heteroatoms. The van der Waals surface area contributed by atoms with Crippen LogP contribution in [0.4, 0.5) is 11.5 Å². The van der Waals surface area contributed by atoms with Crippen LogP contribution in [0, 0.1) is 0 Å². The van der Waals surface area contributed by atoms with Crippen molar-refractivity contribution in [2.45, 2.75) is 0 Å². The highest BCUT2D eigenvalue weighted by atomic mass is 35.5. The number of halogens is 1. The van der Waals surface area contributed by atoms with E-state index in [4.69, 9.17) is 22.1 Å². The van der Waals surface area contributed by atoms with Gasteiger partial charge >= 0.3 is 0 Å². The van der Waals surface area contributed by atoms with Gasteiger partial charge < -0.3 is 20.8 Å². The lowest BCUT2D eigenvalue weighted by molar-refractivity contribution is 0.333. The average molecular weight is 281 g/mol. The number of ether oxygens (including phenoxy) is 1. The number of benzene rings is 1. The Morgan fingerprint density at radius 3 is 2.79 bits per heavy atom. The molecule has 0 amide bonds. The van der Waals surface area contributed by atoms with Crippen LogP contribution in [0.25, 0.3) is 0 Å². The number of H-pyrrole nitrogens is 1. The van der Waals surface area contributed by atoms with Crippen LogP contribution in [0.5, 0.6) is 5.75 Å². The maximum Gasteiger partial charge on any atom is 0.276 e. The van der Waals surface area contributed by atoms with E-state index in [-0.39, 0.29) is 17.1 Å². The highest BCUT2D eigenvalue weighted by Gasteiger charge is 2.04. The highest BCUT2D eigenvalue weighted by Crippen LogP contribution is 2.15. The predicted octanol–water partition coefficient (Wildman–Crippen LogP) is 1.50. The maximum atomic E-state index is 11.4. The zero-order chi connectivity index (χ0) is 13.7. The van der Waals surface area contributed by atoms with Gasteiger partial charge in [-0.1, -0.05) is 11.6 Å². The molecule has 1 aromatic heterocycles. The summed E-state index contributed by atoms with van der Waals surface area (Å²) in [5.74, 6) is 0.870. The summed E-state index contributed by atoms with van der Waals surface area (Å²) >= 11 is 5.76. The van der Waals surface area contributed by atoms with Gasteiger partial charge in [0.25, 0.3) is 5.56 Å². The zero-order valence-electron chi connectivity index (χ0n) is 10.0. The predicted molar refractivity (Wildman–Crippen MR) is 74.7 cm³/mol. The minimum absolute atomic E-state index is 0.162. The van der Waals surface area contributed by atoms with Gasteiger partial charge in [0.15, 0.2) is 5.82 Å². The van der Waals surface area contributed by atoms with Crippen molar-refractivity contribution < 1.29 is 4.74 Å². The molecule has 100 valence electrons. The third-order valence-electron chi connectivity index (χ3n) is 2.37. The van der Waals surface area contributed by atoms with Crippen molar-refractivity contribution in [1.82, 2.24) is 9.97 Å². The summed E-state index contributed by atoms with van der Waals surface area (Å²) < 4.78 is 5.47. The number of hydrogen-bond donors (Lipinski definition) is 3. The van der Waals surface area contributed by atoms with Gasteiger partial charge in [-0.15, -0.1) is 0 Å². The Bertz CT molecular complexity index is 597. The molecule has 19 heavy (non-hydrogen) atoms. The molecule has 1 aromatic carbocycles. The fourth-order valence-corrected chi connectivity index (χ4v) is 1.59. The fourth-order valence-electron chi connectivity index (χ4n) is 1.46. The smallest absolute Gasteiger partial charge is 0.276 e. The zero-order valence-corrected chi connectivity index (χ0v) is 10.8. The Balaban J connectivity index is 1.84. The highest BCUT2D eigenvalue weighted by molar-refractivity contribution is 6.30. The summed E-state index contributed by atoms with van der Waals surface area (Å²) in [6.45, 7) is 0.816. The summed E-state index contributed by atoms with van der Waals surface area (Å²) in [6, 6.07) is 7.03. The first kappa shape index (κ1) is 13.2. The molecule has 0 radical (unpaired) electrons. The van der Waals surface area contributed by atoms with Crippen LogP contribution in [0.2, 0.25) is 5.02 Å². The van der Waals surface area contributed by atoms with Crippen molar-refractivity contribution in [3.63, 3.8) is 0 Å². The van der Waals surface area contributed by atoms with Crippen molar-refractivity contribution in [2.75, 3.05) is 24.2 Å². The number of rotatable bonds is 5. The van der Waals surface area contributed by atoms with Gasteiger partial charge in [-0.2, -0.15) is 0 Å². The van der Waals surface area contributed by atoms with Crippen LogP contribution >= 0.6 is 11.6 Å². The molecule has 4 N–H and O–H groups in total. The molecule has 0 aliphatic carbocycles. The minimum Gasteiger partial charge on any atom is -0.492 e. The van der Waals surface area contributed by atoms with E-state index in [9.17, 15) is 4.79 Å². The molecule has 0 bridgehead atoms. The SMILES string of the molecule is Nc1nc[nH]c(=O)c1NCCOc1ccc(Cl)cc1. The molecule has 6 nitrogen and oxygen atoms in total. The molecule has 0 unspecified atom stereocenters. The molecule has 2 rings (SSSR count). The van der Waals surface area contributed by atoms with Crippen LogP contribution in [-0.4, -0.2) is 23.1 Å². The lowest BCUT2D eigenvalue weighted by Crippen LogP contribution is -2.20. The second-order valence-electron chi connectivity index (χ2n) is 3.72. The third kappa shape index (κ3) is 3.62. The van der Waals surface area contributed by atoms with E-state index < -0.39 is 0 Å². The molecular weight excluding hydrogens is 268 g/mol. The Kier molecular flexibility index (Phi) is 4.25. The number of nitrogens with zero attached hydrogens (tertiary/aromatic N) is 1. The van der Waals surface area contributed by atoms with Crippen molar-refractivity contribution in [2.24, 2.45) is 0 Å². The largest absolute Gasteiger partial charge is 0.492 e. The Morgan fingerprint density at radius 2 is 2.11 bits per heavy atom. The van der Waals surface area contributed by atoms with E-state index >= 15 is 0 Å². The van der Waals surface area contributed by atoms with Crippen molar-refractivity contribution in [3.8, 4) is 5.75 Å². The van der Waals surface area contributed by atoms with Crippen LogP contribution in [0.1, 0.15) is 0 Å². The lowest BCUT2D eigenvalue weighted by atomic mass is 10.3. The van der Waals surface area contributed by atoms with E-state index in [0.717, 1.165) is 0 Å². The average Bonchev–Trinajstić information content (AvgIpc) is 2.39. The summed E-state index contributed by atoms with van der Waals surface area (Å²) in [7, 11) is 0. The normalized spacial score (nSPS) is 10.2. The van der Waals surface area contributed by atoms with Gasteiger partial charge in [0.1, 0.15) is 18.0 Å². The summed E-state index contributed by atoms with van der Waals surface area (Å²) in [5, 5.41) is 3.53. The van der Waals surface area contributed by atoms with Crippen LogP contribution in [0.3, 0.4) is 0 Å². The number of aromatic amines is 1. The van der Waals surface area contributed by atoms with Gasteiger partial charge in [-0.05, 0) is 24.3 Å². The third-order valence-corrected chi connectivity index (χ3v) is 2.62. The van der Waals surface area contributed by atoms with Gasteiger partial charge in [0.05, 0.1) is 6.33 Å². The standard InChI is InChI=1S/C12H13ClN4O2/c13-8-1-3-9(4-2-8)19-6-5-15-10-11(14)16-7-17-12(10)18/h1-4,7,15H,5-6H2,(H3,14,16,17,18). The monoisotopic (exact) mass is 280 g/mol. The molecule has 0 aliphatic rings. The first-order valence-electron chi connectivity index (χ1n) is 5.62. The number of nitrogens with one attached hydrogen (secondary N) is 2. The van der Waals surface area contributed by atoms with E-state index in [1.807, 2.05) is 0 Å². The number of anilines is 2. The molecule has 0 spiro atoms. The molecule has 1 heterocycles. The molecule has 0 atom stereocenters. The summed E-state index contributed by atoms with van der Waals surface area (Å²) in [5.41, 5.74) is 5.53. The van der Waals surface area contributed by atoms with E-state index in [0.29, 0.717) is 23.9 Å². The van der Waals surface area contributed by atoms with Crippen LogP contribution < -0.4 is 21.3 Å². The molecule has 0 fully saturated rings. The van der Waals surface area contributed by atoms with E-state index in [1.54, 1.807) is 24.3 Å². The van der Waals surface area contributed by atoms with Gasteiger partial charge in [0.2, 0.25) is 0 Å². The maximum absolute atomic E-state index is 11.4. The first-order chi connectivity index (χ1) is 9.16. The minimum atomic E-state index is -0.306. The van der Waals surface area contributed by atoms with Crippen molar-refractivity contribution in [3.05, 3.63) is 46.0 Å². The first-order valence-corrected chi connectivity index (χ1v) is 6.00. The molecule has 2 aromatic rings. The number of nitrogen functional groups attached to an aromatic ring is 1. The number of aromatic nitrogens is 2. The molecule has 0 aliphatic heterocycles. The number of nitrogens with two attached hydrogens (primary N) is 1. The summed E-state index contributed by atoms with van der Waals surface area (Å²) in [6.07, 6.45) is 1.26. The molecule has 0 saturated carbocycles. The summed E-state index contributed by atoms with van der Waals surface area (Å²) in [4.78, 5) is 17.7. The van der Waals surface area contributed by atoms with Crippen LogP contribution in [-0.2, 0) is 0 Å². The Hall–Kier alpha value is -2.21. The van der Waals surface area contributed by atoms with Crippen molar-refractivity contribution in [1.29, 1.82) is 0 Å². The lowest BCUT2D eigenvalue weighted by Gasteiger charge is -2.09. The molecular formula is C12H13ClN4O2. The second kappa shape index (κ2) is 6.10. The quantitative estimate of drug-likeness (QED) is 0.722. The Labute approximate surface area is 114 Å². The van der Waals surface area contributed by atoms with Gasteiger partial charge in [-0.3, -0.25) is 4.79 Å². The molecule has 0 saturated heterocycles. The van der Waals surface area contributed by atoms with Crippen molar-refractivity contribution >= 4 is 23.1 Å². The second-order valence-corrected chi connectivity index (χ2v) is 4.16. The van der Waals surface area contributed by atoms with Gasteiger partial charge in [0, 0.05) is 11.6 Å².